The summed E-state index contributed by atoms with van der Waals surface area (Å²) >= 11 is 0. The zero-order chi connectivity index (χ0) is 8.31. The van der Waals surface area contributed by atoms with Crippen molar-refractivity contribution in [2.75, 3.05) is 0 Å². The molecule has 0 aromatic heterocycles. The Labute approximate surface area is 57.9 Å². The molecule has 0 radical (unpaired) electrons. The molecule has 0 heterocycles. The molecule has 0 spiro atoms. The predicted octanol–water partition coefficient (Wildman–Crippen LogP) is -1.81. The SMILES string of the molecule is CC(=O)/C(N)=C(\N)C(N)=O. The quantitative estimate of drug-likeness (QED) is 0.395. The van der Waals surface area contributed by atoms with Crippen LogP contribution in [0.2, 0.25) is 0 Å². The monoisotopic (exact) mass is 143 g/mol. The van der Waals surface area contributed by atoms with Gasteiger partial charge >= 0.3 is 0 Å². The van der Waals surface area contributed by atoms with Gasteiger partial charge in [-0.3, -0.25) is 9.59 Å². The Morgan fingerprint density at radius 2 is 1.40 bits per heavy atom. The summed E-state index contributed by atoms with van der Waals surface area (Å²) in [6, 6.07) is 0. The number of rotatable bonds is 2. The number of carbonyl (C=O) groups excluding carboxylic acids is 2. The third kappa shape index (κ3) is 1.77. The summed E-state index contributed by atoms with van der Waals surface area (Å²) in [6.07, 6.45) is 0. The summed E-state index contributed by atoms with van der Waals surface area (Å²) in [5, 5.41) is 0. The molecule has 6 N–H and O–H groups in total. The largest absolute Gasteiger partial charge is 0.394 e. The Morgan fingerprint density at radius 1 is 1.00 bits per heavy atom. The van der Waals surface area contributed by atoms with Crippen LogP contribution in [0.15, 0.2) is 11.4 Å². The van der Waals surface area contributed by atoms with Gasteiger partial charge in [0.25, 0.3) is 5.91 Å². The summed E-state index contributed by atoms with van der Waals surface area (Å²) in [5.74, 6) is -1.34. The van der Waals surface area contributed by atoms with Crippen molar-refractivity contribution in [1.82, 2.24) is 0 Å². The summed E-state index contributed by atoms with van der Waals surface area (Å²) in [6.45, 7) is 1.20. The molecule has 0 atom stereocenters. The van der Waals surface area contributed by atoms with E-state index in [2.05, 4.69) is 0 Å². The van der Waals surface area contributed by atoms with E-state index in [1.54, 1.807) is 0 Å². The van der Waals surface area contributed by atoms with E-state index in [0.29, 0.717) is 0 Å². The lowest BCUT2D eigenvalue weighted by atomic mass is 10.2. The lowest BCUT2D eigenvalue weighted by Gasteiger charge is -1.97. The zero-order valence-corrected chi connectivity index (χ0v) is 5.55. The number of Topliss-reactive ketones (excluding diaryl/α,β-unsaturated/α-hetero) is 1. The Balaban J connectivity index is 4.67. The van der Waals surface area contributed by atoms with E-state index in [1.165, 1.54) is 6.92 Å². The first-order valence-electron chi connectivity index (χ1n) is 2.52. The first-order chi connectivity index (χ1) is 4.46. The van der Waals surface area contributed by atoms with E-state index in [0.717, 1.165) is 0 Å². The van der Waals surface area contributed by atoms with Crippen molar-refractivity contribution in [1.29, 1.82) is 0 Å². The van der Waals surface area contributed by atoms with Crippen LogP contribution in [-0.2, 0) is 9.59 Å². The Hall–Kier alpha value is -1.52. The van der Waals surface area contributed by atoms with Crippen LogP contribution < -0.4 is 17.2 Å². The highest BCUT2D eigenvalue weighted by molar-refractivity contribution is 6.02. The summed E-state index contributed by atoms with van der Waals surface area (Å²) in [7, 11) is 0. The first kappa shape index (κ1) is 8.48. The summed E-state index contributed by atoms with van der Waals surface area (Å²) in [5.41, 5.74) is 14.1. The maximum absolute atomic E-state index is 10.4. The van der Waals surface area contributed by atoms with Gasteiger partial charge in [0.1, 0.15) is 11.4 Å². The molecule has 10 heavy (non-hydrogen) atoms. The van der Waals surface area contributed by atoms with Crippen molar-refractivity contribution >= 4 is 11.7 Å². The number of allylic oxidation sites excluding steroid dienone is 1. The molecular weight excluding hydrogens is 134 g/mol. The average molecular weight is 143 g/mol. The first-order valence-corrected chi connectivity index (χ1v) is 2.52. The minimum atomic E-state index is -0.882. The molecule has 0 aliphatic rings. The lowest BCUT2D eigenvalue weighted by Crippen LogP contribution is -2.27. The lowest BCUT2D eigenvalue weighted by molar-refractivity contribution is -0.116. The van der Waals surface area contributed by atoms with Gasteiger partial charge in [-0.1, -0.05) is 0 Å². The smallest absolute Gasteiger partial charge is 0.266 e. The van der Waals surface area contributed by atoms with Crippen LogP contribution in [0, 0.1) is 0 Å². The molecule has 0 unspecified atom stereocenters. The van der Waals surface area contributed by atoms with E-state index >= 15 is 0 Å². The van der Waals surface area contributed by atoms with Crippen LogP contribution in [0.25, 0.3) is 0 Å². The van der Waals surface area contributed by atoms with Gasteiger partial charge in [-0.05, 0) is 0 Å². The van der Waals surface area contributed by atoms with Crippen molar-refractivity contribution in [2.45, 2.75) is 6.92 Å². The van der Waals surface area contributed by atoms with Gasteiger partial charge in [-0.25, -0.2) is 0 Å². The van der Waals surface area contributed by atoms with E-state index in [1.807, 2.05) is 0 Å². The van der Waals surface area contributed by atoms with Gasteiger partial charge in [0.05, 0.1) is 0 Å². The molecule has 0 saturated heterocycles. The number of nitrogens with two attached hydrogens (primary N) is 3. The second kappa shape index (κ2) is 2.86. The standard InChI is InChI=1S/C5H9N3O2/c1-2(9)3(6)4(7)5(8)10/h6-7H2,1H3,(H2,8,10)/b4-3+. The van der Waals surface area contributed by atoms with Crippen molar-refractivity contribution in [3.05, 3.63) is 11.4 Å². The van der Waals surface area contributed by atoms with Crippen LogP contribution in [0.1, 0.15) is 6.92 Å². The highest BCUT2D eigenvalue weighted by atomic mass is 16.1. The molecule has 5 nitrogen and oxygen atoms in total. The third-order valence-corrected chi connectivity index (χ3v) is 0.935. The number of primary amides is 1. The van der Waals surface area contributed by atoms with Gasteiger partial charge in [0, 0.05) is 6.92 Å². The minimum absolute atomic E-state index is 0.285. The number of carbonyl (C=O) groups is 2. The van der Waals surface area contributed by atoms with Crippen LogP contribution in [0.3, 0.4) is 0 Å². The highest BCUT2D eigenvalue weighted by Gasteiger charge is 2.07. The van der Waals surface area contributed by atoms with E-state index in [9.17, 15) is 9.59 Å². The normalized spacial score (nSPS) is 12.1. The molecule has 0 aliphatic heterocycles. The van der Waals surface area contributed by atoms with E-state index < -0.39 is 11.7 Å². The second-order valence-electron chi connectivity index (χ2n) is 1.75. The topological polar surface area (TPSA) is 112 Å². The van der Waals surface area contributed by atoms with E-state index in [-0.39, 0.29) is 11.4 Å². The molecule has 0 fully saturated rings. The average Bonchev–Trinajstić information content (AvgIpc) is 1.84. The molecule has 0 bridgehead atoms. The Bertz CT molecular complexity index is 185. The summed E-state index contributed by atoms with van der Waals surface area (Å²) in [4.78, 5) is 20.7. The molecule has 0 aromatic rings. The van der Waals surface area contributed by atoms with Gasteiger partial charge in [-0.15, -0.1) is 0 Å². The van der Waals surface area contributed by atoms with Crippen LogP contribution >= 0.6 is 0 Å². The van der Waals surface area contributed by atoms with Gasteiger partial charge < -0.3 is 17.2 Å². The Kier molecular flexibility index (Phi) is 2.43. The number of amides is 1. The van der Waals surface area contributed by atoms with Crippen molar-refractivity contribution < 1.29 is 9.59 Å². The molecule has 5 heteroatoms. The van der Waals surface area contributed by atoms with Gasteiger partial charge in [0.15, 0.2) is 5.78 Å². The maximum Gasteiger partial charge on any atom is 0.266 e. The number of hydrogen-bond acceptors (Lipinski definition) is 4. The van der Waals surface area contributed by atoms with E-state index in [4.69, 9.17) is 17.2 Å². The predicted molar refractivity (Wildman–Crippen MR) is 35.3 cm³/mol. The fourth-order valence-electron chi connectivity index (χ4n) is 0.322. The zero-order valence-electron chi connectivity index (χ0n) is 5.55. The third-order valence-electron chi connectivity index (χ3n) is 0.935. The Morgan fingerprint density at radius 3 is 1.50 bits per heavy atom. The highest BCUT2D eigenvalue weighted by Crippen LogP contribution is 1.90. The van der Waals surface area contributed by atoms with Crippen LogP contribution in [0.4, 0.5) is 0 Å². The maximum atomic E-state index is 10.4. The summed E-state index contributed by atoms with van der Waals surface area (Å²) < 4.78 is 0. The van der Waals surface area contributed by atoms with Crippen molar-refractivity contribution in [2.24, 2.45) is 17.2 Å². The van der Waals surface area contributed by atoms with Crippen molar-refractivity contribution in [3.63, 3.8) is 0 Å². The number of ketones is 1. The molecular formula is C5H9N3O2. The molecule has 0 aromatic carbocycles. The fourth-order valence-corrected chi connectivity index (χ4v) is 0.322. The number of hydrogen-bond donors (Lipinski definition) is 3. The van der Waals surface area contributed by atoms with Gasteiger partial charge in [0.2, 0.25) is 0 Å². The molecule has 0 aliphatic carbocycles. The minimum Gasteiger partial charge on any atom is -0.394 e. The van der Waals surface area contributed by atoms with Crippen LogP contribution in [0.5, 0.6) is 0 Å². The van der Waals surface area contributed by atoms with Gasteiger partial charge in [-0.2, -0.15) is 0 Å². The molecule has 0 rings (SSSR count). The fraction of sp³-hybridized carbons (Fsp3) is 0.200. The molecule has 0 saturated carbocycles. The molecule has 56 valence electrons. The van der Waals surface area contributed by atoms with Crippen LogP contribution in [-0.4, -0.2) is 11.7 Å². The molecule has 1 amide bonds. The van der Waals surface area contributed by atoms with Crippen molar-refractivity contribution in [3.8, 4) is 0 Å². The second-order valence-corrected chi connectivity index (χ2v) is 1.75.